The van der Waals surface area contributed by atoms with Gasteiger partial charge in [0.25, 0.3) is 0 Å². The Morgan fingerprint density at radius 3 is 2.83 bits per heavy atom. The first-order valence-electron chi connectivity index (χ1n) is 3.56. The normalized spacial score (nSPS) is 9.50. The van der Waals surface area contributed by atoms with Gasteiger partial charge in [-0.15, -0.1) is 0 Å². The molecule has 0 atom stereocenters. The van der Waals surface area contributed by atoms with Crippen LogP contribution in [0.4, 0.5) is 11.4 Å². The molecule has 2 N–H and O–H groups in total. The highest BCUT2D eigenvalue weighted by atomic mass is 16.2. The van der Waals surface area contributed by atoms with Gasteiger partial charge in [0.15, 0.2) is 0 Å². The molecule has 0 unspecified atom stereocenters. The molecule has 0 saturated heterocycles. The Bertz CT molecular complexity index is 298. The summed E-state index contributed by atoms with van der Waals surface area (Å²) in [4.78, 5) is 16.3. The standard InChI is InChI=1S/C8H11N3O/c1-6(12)11(2)8-3-4-10-5-7(8)9/h3-5H,9H2,1-2H3. The van der Waals surface area contributed by atoms with E-state index in [1.54, 1.807) is 19.3 Å². The number of carbonyl (C=O) groups is 1. The molecule has 0 aliphatic carbocycles. The van der Waals surface area contributed by atoms with E-state index in [1.165, 1.54) is 18.0 Å². The monoisotopic (exact) mass is 165 g/mol. The molecule has 1 heterocycles. The van der Waals surface area contributed by atoms with Gasteiger partial charge >= 0.3 is 0 Å². The van der Waals surface area contributed by atoms with Crippen LogP contribution in [0.1, 0.15) is 6.92 Å². The van der Waals surface area contributed by atoms with E-state index in [0.717, 1.165) is 0 Å². The number of anilines is 2. The quantitative estimate of drug-likeness (QED) is 0.664. The van der Waals surface area contributed by atoms with E-state index in [2.05, 4.69) is 4.98 Å². The average Bonchev–Trinajstić information content (AvgIpc) is 2.04. The molecule has 1 amide bonds. The smallest absolute Gasteiger partial charge is 0.223 e. The summed E-state index contributed by atoms with van der Waals surface area (Å²) in [5.41, 5.74) is 6.80. The summed E-state index contributed by atoms with van der Waals surface area (Å²) in [6, 6.07) is 1.71. The van der Waals surface area contributed by atoms with Crippen molar-refractivity contribution in [3.8, 4) is 0 Å². The molecule has 0 aliphatic rings. The topological polar surface area (TPSA) is 59.2 Å². The van der Waals surface area contributed by atoms with Gasteiger partial charge in [-0.3, -0.25) is 9.78 Å². The zero-order valence-electron chi connectivity index (χ0n) is 7.11. The summed E-state index contributed by atoms with van der Waals surface area (Å²) in [7, 11) is 1.67. The van der Waals surface area contributed by atoms with E-state index in [9.17, 15) is 4.79 Å². The van der Waals surface area contributed by atoms with Crippen LogP contribution >= 0.6 is 0 Å². The first-order valence-corrected chi connectivity index (χ1v) is 3.56. The summed E-state index contributed by atoms with van der Waals surface area (Å²) in [6.07, 6.45) is 3.12. The summed E-state index contributed by atoms with van der Waals surface area (Å²) in [5.74, 6) is -0.0482. The fraction of sp³-hybridized carbons (Fsp3) is 0.250. The van der Waals surface area contributed by atoms with E-state index in [-0.39, 0.29) is 5.91 Å². The highest BCUT2D eigenvalue weighted by molar-refractivity contribution is 5.93. The van der Waals surface area contributed by atoms with Crippen molar-refractivity contribution < 1.29 is 4.79 Å². The molecule has 4 nitrogen and oxygen atoms in total. The Kier molecular flexibility index (Phi) is 2.28. The van der Waals surface area contributed by atoms with Crippen LogP contribution < -0.4 is 10.6 Å². The number of pyridine rings is 1. The van der Waals surface area contributed by atoms with E-state index in [1.807, 2.05) is 0 Å². The lowest BCUT2D eigenvalue weighted by Gasteiger charge is -2.16. The van der Waals surface area contributed by atoms with Gasteiger partial charge in [-0.2, -0.15) is 0 Å². The number of nitrogen functional groups attached to an aromatic ring is 1. The zero-order valence-corrected chi connectivity index (χ0v) is 7.11. The van der Waals surface area contributed by atoms with Crippen LogP contribution in [-0.2, 0) is 4.79 Å². The van der Waals surface area contributed by atoms with Crippen LogP contribution in [0.15, 0.2) is 18.5 Å². The van der Waals surface area contributed by atoms with Crippen molar-refractivity contribution in [1.82, 2.24) is 4.98 Å². The maximum atomic E-state index is 10.9. The summed E-state index contributed by atoms with van der Waals surface area (Å²) in [5, 5.41) is 0. The fourth-order valence-electron chi connectivity index (χ4n) is 0.874. The minimum Gasteiger partial charge on any atom is -0.396 e. The number of nitrogens with zero attached hydrogens (tertiary/aromatic N) is 2. The van der Waals surface area contributed by atoms with Crippen molar-refractivity contribution in [1.29, 1.82) is 0 Å². The third kappa shape index (κ3) is 1.53. The molecule has 64 valence electrons. The number of amides is 1. The molecular formula is C8H11N3O. The lowest BCUT2D eigenvalue weighted by atomic mass is 10.3. The van der Waals surface area contributed by atoms with Gasteiger partial charge in [0.05, 0.1) is 17.6 Å². The van der Waals surface area contributed by atoms with Gasteiger partial charge in [0.1, 0.15) is 0 Å². The van der Waals surface area contributed by atoms with E-state index < -0.39 is 0 Å². The predicted molar refractivity (Wildman–Crippen MR) is 47.7 cm³/mol. The molecule has 1 rings (SSSR count). The van der Waals surface area contributed by atoms with Crippen molar-refractivity contribution in [3.63, 3.8) is 0 Å². The summed E-state index contributed by atoms with van der Waals surface area (Å²) in [6.45, 7) is 1.49. The maximum absolute atomic E-state index is 10.9. The Hall–Kier alpha value is -1.58. The van der Waals surface area contributed by atoms with Crippen LogP contribution in [0.3, 0.4) is 0 Å². The van der Waals surface area contributed by atoms with Gasteiger partial charge < -0.3 is 10.6 Å². The van der Waals surface area contributed by atoms with Crippen molar-refractivity contribution in [2.24, 2.45) is 0 Å². The van der Waals surface area contributed by atoms with Gasteiger partial charge in [-0.05, 0) is 6.07 Å². The SMILES string of the molecule is CC(=O)N(C)c1ccncc1N. The lowest BCUT2D eigenvalue weighted by molar-refractivity contribution is -0.116. The number of nitrogens with two attached hydrogens (primary N) is 1. The van der Waals surface area contributed by atoms with Crippen molar-refractivity contribution >= 4 is 17.3 Å². The zero-order chi connectivity index (χ0) is 9.14. The Labute approximate surface area is 71.0 Å². The number of carbonyl (C=O) groups excluding carboxylic acids is 1. The molecule has 0 aromatic carbocycles. The Morgan fingerprint density at radius 2 is 2.33 bits per heavy atom. The molecule has 1 aromatic rings. The molecule has 0 bridgehead atoms. The predicted octanol–water partition coefficient (Wildman–Crippen LogP) is 0.647. The van der Waals surface area contributed by atoms with Crippen LogP contribution in [0.25, 0.3) is 0 Å². The highest BCUT2D eigenvalue weighted by Gasteiger charge is 2.07. The second-order valence-corrected chi connectivity index (χ2v) is 2.51. The van der Waals surface area contributed by atoms with Gasteiger partial charge in [0, 0.05) is 20.2 Å². The minimum atomic E-state index is -0.0482. The molecule has 0 radical (unpaired) electrons. The summed E-state index contributed by atoms with van der Waals surface area (Å²) < 4.78 is 0. The first kappa shape index (κ1) is 8.52. The van der Waals surface area contributed by atoms with Crippen LogP contribution in [0.5, 0.6) is 0 Å². The lowest BCUT2D eigenvalue weighted by Crippen LogP contribution is -2.23. The Balaban J connectivity index is 3.02. The number of hydrogen-bond donors (Lipinski definition) is 1. The first-order chi connectivity index (χ1) is 5.63. The molecule has 0 saturated carbocycles. The maximum Gasteiger partial charge on any atom is 0.223 e. The molecule has 0 aliphatic heterocycles. The number of hydrogen-bond acceptors (Lipinski definition) is 3. The molecule has 0 spiro atoms. The highest BCUT2D eigenvalue weighted by Crippen LogP contribution is 2.19. The molecule has 1 aromatic heterocycles. The third-order valence-corrected chi connectivity index (χ3v) is 1.66. The molecule has 4 heteroatoms. The van der Waals surface area contributed by atoms with E-state index >= 15 is 0 Å². The van der Waals surface area contributed by atoms with Crippen molar-refractivity contribution in [2.75, 3.05) is 17.7 Å². The molecule has 12 heavy (non-hydrogen) atoms. The van der Waals surface area contributed by atoms with Gasteiger partial charge in [-0.1, -0.05) is 0 Å². The summed E-state index contributed by atoms with van der Waals surface area (Å²) >= 11 is 0. The van der Waals surface area contributed by atoms with Gasteiger partial charge in [0.2, 0.25) is 5.91 Å². The van der Waals surface area contributed by atoms with E-state index in [0.29, 0.717) is 11.4 Å². The Morgan fingerprint density at radius 1 is 1.67 bits per heavy atom. The van der Waals surface area contributed by atoms with Crippen LogP contribution in [0.2, 0.25) is 0 Å². The average molecular weight is 165 g/mol. The van der Waals surface area contributed by atoms with Crippen LogP contribution in [-0.4, -0.2) is 17.9 Å². The third-order valence-electron chi connectivity index (χ3n) is 1.66. The van der Waals surface area contributed by atoms with Crippen LogP contribution in [0, 0.1) is 0 Å². The van der Waals surface area contributed by atoms with Gasteiger partial charge in [-0.25, -0.2) is 0 Å². The fourth-order valence-corrected chi connectivity index (χ4v) is 0.874. The number of aromatic nitrogens is 1. The molecular weight excluding hydrogens is 154 g/mol. The minimum absolute atomic E-state index is 0.0482. The largest absolute Gasteiger partial charge is 0.396 e. The van der Waals surface area contributed by atoms with E-state index in [4.69, 9.17) is 5.73 Å². The van der Waals surface area contributed by atoms with Crippen molar-refractivity contribution in [2.45, 2.75) is 6.92 Å². The van der Waals surface area contributed by atoms with Crippen molar-refractivity contribution in [3.05, 3.63) is 18.5 Å². The molecule has 0 fully saturated rings. The second-order valence-electron chi connectivity index (χ2n) is 2.51. The number of rotatable bonds is 1. The second kappa shape index (κ2) is 3.21.